The van der Waals surface area contributed by atoms with Crippen molar-refractivity contribution in [3.05, 3.63) is 65.1 Å². The van der Waals surface area contributed by atoms with Gasteiger partial charge in [-0.25, -0.2) is 0 Å². The van der Waals surface area contributed by atoms with Gasteiger partial charge in [0.1, 0.15) is 0 Å². The molecule has 2 aromatic heterocycles. The van der Waals surface area contributed by atoms with Crippen LogP contribution in [0.4, 0.5) is 0 Å². The van der Waals surface area contributed by atoms with Gasteiger partial charge in [0, 0.05) is 28.2 Å². The second-order valence-electron chi connectivity index (χ2n) is 7.23. The number of carbonyl (C=O) groups is 2. The Morgan fingerprint density at radius 3 is 2.81 bits per heavy atom. The fourth-order valence-corrected chi connectivity index (χ4v) is 5.12. The van der Waals surface area contributed by atoms with Crippen LogP contribution >= 0.6 is 0 Å². The zero-order chi connectivity index (χ0) is 18.7. The van der Waals surface area contributed by atoms with Crippen molar-refractivity contribution in [1.29, 1.82) is 0 Å². The summed E-state index contributed by atoms with van der Waals surface area (Å²) in [7, 11) is 1.45. The molecule has 0 saturated heterocycles. The van der Waals surface area contributed by atoms with Crippen molar-refractivity contribution < 1.29 is 14.3 Å². The van der Waals surface area contributed by atoms with E-state index in [0.717, 1.165) is 46.1 Å². The highest BCUT2D eigenvalue weighted by Crippen LogP contribution is 2.55. The van der Waals surface area contributed by atoms with Gasteiger partial charge in [0.05, 0.1) is 24.8 Å². The van der Waals surface area contributed by atoms with E-state index in [4.69, 9.17) is 4.74 Å². The van der Waals surface area contributed by atoms with Crippen LogP contribution in [-0.2, 0) is 9.53 Å². The molecule has 3 heterocycles. The Bertz CT molecular complexity index is 1120. The molecule has 0 saturated carbocycles. The zero-order valence-corrected chi connectivity index (χ0v) is 15.2. The zero-order valence-electron chi connectivity index (χ0n) is 15.2. The number of methoxy groups -OCH3 is 1. The Morgan fingerprint density at radius 2 is 2.07 bits per heavy atom. The number of aldehydes is 1. The molecule has 1 N–H and O–H groups in total. The fraction of sp³-hybridized carbons (Fsp3) is 0.273. The Morgan fingerprint density at radius 1 is 1.26 bits per heavy atom. The molecular weight excluding hydrogens is 340 g/mol. The van der Waals surface area contributed by atoms with Gasteiger partial charge in [-0.2, -0.15) is 0 Å². The van der Waals surface area contributed by atoms with Crippen molar-refractivity contribution >= 4 is 28.7 Å². The van der Waals surface area contributed by atoms with E-state index < -0.39 is 0 Å². The predicted molar refractivity (Wildman–Crippen MR) is 103 cm³/mol. The maximum atomic E-state index is 12.9. The first-order valence-corrected chi connectivity index (χ1v) is 9.20. The maximum absolute atomic E-state index is 12.9. The lowest BCUT2D eigenvalue weighted by Gasteiger charge is -2.42. The van der Waals surface area contributed by atoms with E-state index in [-0.39, 0.29) is 23.8 Å². The smallest absolute Gasteiger partial charge is 0.313 e. The van der Waals surface area contributed by atoms with E-state index in [2.05, 4.69) is 15.6 Å². The summed E-state index contributed by atoms with van der Waals surface area (Å²) >= 11 is 0. The first-order chi connectivity index (χ1) is 13.2. The SMILES string of the molecule is CC=C1c2ccc(C=O)n2[C@@H]2C[C@@H]1[C@@H](C(=O)OC)c1c2[nH]c2ccccc12. The van der Waals surface area contributed by atoms with Crippen LogP contribution < -0.4 is 0 Å². The fourth-order valence-electron chi connectivity index (χ4n) is 5.12. The predicted octanol–water partition coefficient (Wildman–Crippen LogP) is 4.06. The van der Waals surface area contributed by atoms with E-state index in [1.54, 1.807) is 0 Å². The molecule has 27 heavy (non-hydrogen) atoms. The number of aromatic nitrogens is 2. The molecule has 3 atom stereocenters. The lowest BCUT2D eigenvalue weighted by molar-refractivity contribution is -0.143. The van der Waals surface area contributed by atoms with Crippen LogP contribution in [0.1, 0.15) is 52.7 Å². The molecule has 3 aromatic rings. The van der Waals surface area contributed by atoms with E-state index in [1.165, 1.54) is 7.11 Å². The summed E-state index contributed by atoms with van der Waals surface area (Å²) in [5, 5.41) is 1.05. The van der Waals surface area contributed by atoms with Gasteiger partial charge in [-0.3, -0.25) is 9.59 Å². The molecule has 5 rings (SSSR count). The quantitative estimate of drug-likeness (QED) is 0.554. The number of benzene rings is 1. The van der Waals surface area contributed by atoms with Gasteiger partial charge < -0.3 is 14.3 Å². The van der Waals surface area contributed by atoms with Crippen LogP contribution in [0.5, 0.6) is 0 Å². The second-order valence-corrected chi connectivity index (χ2v) is 7.23. The highest BCUT2D eigenvalue weighted by Gasteiger charge is 2.48. The molecule has 0 unspecified atom stereocenters. The molecule has 5 nitrogen and oxygen atoms in total. The number of H-pyrrole nitrogens is 1. The van der Waals surface area contributed by atoms with Crippen LogP contribution in [0.15, 0.2) is 42.5 Å². The van der Waals surface area contributed by atoms with Crippen molar-refractivity contribution in [3.8, 4) is 0 Å². The maximum Gasteiger partial charge on any atom is 0.313 e. The summed E-state index contributed by atoms with van der Waals surface area (Å²) in [5.41, 5.74) is 5.80. The molecule has 5 heteroatoms. The van der Waals surface area contributed by atoms with Crippen LogP contribution in [0.2, 0.25) is 0 Å². The molecule has 1 aromatic carbocycles. The number of rotatable bonds is 2. The number of aromatic amines is 1. The number of para-hydroxylation sites is 1. The number of nitrogens with one attached hydrogen (secondary N) is 1. The monoisotopic (exact) mass is 360 g/mol. The molecule has 1 aliphatic carbocycles. The summed E-state index contributed by atoms with van der Waals surface area (Å²) in [6.45, 7) is 1.99. The summed E-state index contributed by atoms with van der Waals surface area (Å²) < 4.78 is 7.33. The van der Waals surface area contributed by atoms with Gasteiger partial charge in [0.25, 0.3) is 0 Å². The van der Waals surface area contributed by atoms with E-state index in [0.29, 0.717) is 5.69 Å². The Labute approximate surface area is 156 Å². The Balaban J connectivity index is 1.87. The molecule has 0 amide bonds. The minimum Gasteiger partial charge on any atom is -0.469 e. The summed E-state index contributed by atoms with van der Waals surface area (Å²) in [6.07, 6.45) is 3.74. The summed E-state index contributed by atoms with van der Waals surface area (Å²) in [6, 6.07) is 11.9. The van der Waals surface area contributed by atoms with Crippen molar-refractivity contribution in [3.63, 3.8) is 0 Å². The topological polar surface area (TPSA) is 64.1 Å². The summed E-state index contributed by atoms with van der Waals surface area (Å²) in [4.78, 5) is 28.1. The van der Waals surface area contributed by atoms with Crippen molar-refractivity contribution in [1.82, 2.24) is 9.55 Å². The lowest BCUT2D eigenvalue weighted by atomic mass is 9.68. The molecule has 0 radical (unpaired) electrons. The standard InChI is InChI=1S/C22H20N2O3/c1-3-13-15-10-18(24-12(11-25)8-9-17(13)24)21-19(20(15)22(26)27-2)14-6-4-5-7-16(14)23-21/h3-9,11,15,18,20,23H,10H2,1-2H3/t15-,18+,20+/m0/s1. The number of esters is 1. The van der Waals surface area contributed by atoms with E-state index >= 15 is 0 Å². The third-order valence-corrected chi connectivity index (χ3v) is 6.14. The number of allylic oxidation sites excluding steroid dienone is 2. The van der Waals surface area contributed by atoms with Gasteiger partial charge in [0.2, 0.25) is 0 Å². The minimum atomic E-state index is -0.355. The van der Waals surface area contributed by atoms with E-state index in [9.17, 15) is 9.59 Å². The van der Waals surface area contributed by atoms with Gasteiger partial charge in [0.15, 0.2) is 6.29 Å². The molecule has 136 valence electrons. The van der Waals surface area contributed by atoms with Gasteiger partial charge in [-0.1, -0.05) is 24.3 Å². The van der Waals surface area contributed by atoms with Crippen molar-refractivity contribution in [2.24, 2.45) is 5.92 Å². The van der Waals surface area contributed by atoms with Gasteiger partial charge in [-0.15, -0.1) is 0 Å². The normalized spacial score (nSPS) is 24.5. The minimum absolute atomic E-state index is 0.00667. The number of carbonyl (C=O) groups excluding carboxylic acids is 2. The van der Waals surface area contributed by atoms with Crippen LogP contribution in [0.25, 0.3) is 16.5 Å². The second kappa shape index (κ2) is 5.71. The molecule has 2 bridgehead atoms. The summed E-state index contributed by atoms with van der Waals surface area (Å²) in [5.74, 6) is -0.535. The Kier molecular flexibility index (Phi) is 3.41. The molecule has 0 fully saturated rings. The molecular formula is C22H20N2O3. The van der Waals surface area contributed by atoms with E-state index in [1.807, 2.05) is 43.3 Å². The van der Waals surface area contributed by atoms with Crippen LogP contribution in [0, 0.1) is 5.92 Å². The third-order valence-electron chi connectivity index (χ3n) is 6.14. The number of hydrogen-bond acceptors (Lipinski definition) is 3. The van der Waals surface area contributed by atoms with Crippen LogP contribution in [0.3, 0.4) is 0 Å². The molecule has 2 aliphatic rings. The molecule has 0 spiro atoms. The Hall–Kier alpha value is -3.08. The highest BCUT2D eigenvalue weighted by atomic mass is 16.5. The first kappa shape index (κ1) is 16.1. The highest BCUT2D eigenvalue weighted by molar-refractivity contribution is 5.94. The molecule has 1 aliphatic heterocycles. The van der Waals surface area contributed by atoms with Gasteiger partial charge >= 0.3 is 5.97 Å². The van der Waals surface area contributed by atoms with Crippen LogP contribution in [-0.4, -0.2) is 28.9 Å². The number of hydrogen-bond donors (Lipinski definition) is 1. The third kappa shape index (κ3) is 1.99. The number of nitrogens with zero attached hydrogens (tertiary/aromatic N) is 1. The van der Waals surface area contributed by atoms with Gasteiger partial charge in [-0.05, 0) is 42.7 Å². The first-order valence-electron chi connectivity index (χ1n) is 9.20. The average molecular weight is 360 g/mol. The average Bonchev–Trinajstić information content (AvgIpc) is 3.30. The largest absolute Gasteiger partial charge is 0.469 e. The number of fused-ring (bicyclic) bond motifs is 8. The van der Waals surface area contributed by atoms with Crippen molar-refractivity contribution in [2.45, 2.75) is 25.3 Å². The lowest BCUT2D eigenvalue weighted by Crippen LogP contribution is -2.37. The van der Waals surface area contributed by atoms with Crippen molar-refractivity contribution in [2.75, 3.05) is 7.11 Å². The number of ether oxygens (including phenoxy) is 1.